The first kappa shape index (κ1) is 19.4. The van der Waals surface area contributed by atoms with Gasteiger partial charge in [0.1, 0.15) is 0 Å². The predicted octanol–water partition coefficient (Wildman–Crippen LogP) is 4.52. The van der Waals surface area contributed by atoms with E-state index in [0.29, 0.717) is 5.41 Å². The van der Waals surface area contributed by atoms with Crippen molar-refractivity contribution in [2.24, 2.45) is 16.9 Å². The van der Waals surface area contributed by atoms with E-state index in [0.717, 1.165) is 13.1 Å². The van der Waals surface area contributed by atoms with Crippen LogP contribution in [0.25, 0.3) is 0 Å². The summed E-state index contributed by atoms with van der Waals surface area (Å²) in [5.74, 6) is 0. The Bertz CT molecular complexity index is 273. The van der Waals surface area contributed by atoms with Crippen LogP contribution in [0.4, 0.5) is 0 Å². The molecule has 1 aliphatic heterocycles. The van der Waals surface area contributed by atoms with Gasteiger partial charge in [-0.2, -0.15) is 0 Å². The van der Waals surface area contributed by atoms with Gasteiger partial charge < -0.3 is 11.5 Å². The first-order chi connectivity index (χ1) is 9.79. The SMILES string of the molecule is C[Si]1(C)CCCC(CCCN)(CCCN)CCC[Si]1(C)C. The molecule has 0 saturated carbocycles. The third-order valence-corrected chi connectivity index (χ3v) is 26.0. The molecular weight excluding hydrogens is 288 g/mol. The number of rotatable bonds is 6. The zero-order valence-corrected chi connectivity index (χ0v) is 17.1. The maximum atomic E-state index is 5.81. The number of nitrogens with two attached hydrogens (primary N) is 2. The molecule has 0 bridgehead atoms. The Hall–Kier alpha value is 0.354. The average molecular weight is 329 g/mol. The molecular formula is C17H40N2Si2. The van der Waals surface area contributed by atoms with Gasteiger partial charge in [-0.3, -0.25) is 0 Å². The second-order valence-electron chi connectivity index (χ2n) is 8.76. The highest BCUT2D eigenvalue weighted by atomic mass is 29.3. The maximum absolute atomic E-state index is 5.81. The highest BCUT2D eigenvalue weighted by molar-refractivity contribution is 7.40. The third kappa shape index (κ3) is 5.49. The summed E-state index contributed by atoms with van der Waals surface area (Å²) in [6.45, 7) is 12.4. The van der Waals surface area contributed by atoms with E-state index in [1.165, 1.54) is 51.4 Å². The van der Waals surface area contributed by atoms with E-state index in [9.17, 15) is 0 Å². The third-order valence-electron chi connectivity index (χ3n) is 6.67. The van der Waals surface area contributed by atoms with Gasteiger partial charge in [0.2, 0.25) is 0 Å². The Morgan fingerprint density at radius 3 is 1.48 bits per heavy atom. The Kier molecular flexibility index (Phi) is 7.64. The van der Waals surface area contributed by atoms with Gasteiger partial charge in [0, 0.05) is 15.2 Å². The average Bonchev–Trinajstić information content (AvgIpc) is 2.45. The molecule has 126 valence electrons. The number of hydrogen-bond acceptors (Lipinski definition) is 2. The van der Waals surface area contributed by atoms with Crippen LogP contribution in [0, 0.1) is 5.41 Å². The molecule has 0 spiro atoms. The summed E-state index contributed by atoms with van der Waals surface area (Å²) in [6.07, 6.45) is 10.9. The van der Waals surface area contributed by atoms with Crippen LogP contribution in [0.15, 0.2) is 0 Å². The van der Waals surface area contributed by atoms with E-state index in [1.54, 1.807) is 12.1 Å². The van der Waals surface area contributed by atoms with Crippen molar-refractivity contribution in [3.05, 3.63) is 0 Å². The van der Waals surface area contributed by atoms with Crippen molar-refractivity contribution in [3.8, 4) is 0 Å². The van der Waals surface area contributed by atoms with Crippen molar-refractivity contribution >= 4 is 15.2 Å². The van der Waals surface area contributed by atoms with Crippen molar-refractivity contribution < 1.29 is 0 Å². The molecule has 2 nitrogen and oxygen atoms in total. The van der Waals surface area contributed by atoms with E-state index in [4.69, 9.17) is 11.5 Å². The van der Waals surface area contributed by atoms with Gasteiger partial charge in [-0.25, -0.2) is 0 Å². The minimum absolute atomic E-state index is 0.567. The lowest BCUT2D eigenvalue weighted by Gasteiger charge is -2.38. The molecule has 21 heavy (non-hydrogen) atoms. The van der Waals surface area contributed by atoms with Crippen LogP contribution in [0.2, 0.25) is 38.3 Å². The minimum Gasteiger partial charge on any atom is -0.330 e. The van der Waals surface area contributed by atoms with Crippen LogP contribution in [0.1, 0.15) is 51.4 Å². The summed E-state index contributed by atoms with van der Waals surface area (Å²) in [4.78, 5) is 0. The van der Waals surface area contributed by atoms with Gasteiger partial charge in [-0.1, -0.05) is 51.1 Å². The van der Waals surface area contributed by atoms with Crippen molar-refractivity contribution in [3.63, 3.8) is 0 Å². The Labute approximate surface area is 135 Å². The second kappa shape index (κ2) is 8.27. The highest BCUT2D eigenvalue weighted by Gasteiger charge is 2.42. The molecule has 0 aromatic rings. The molecule has 0 radical (unpaired) electrons. The molecule has 0 atom stereocenters. The van der Waals surface area contributed by atoms with Crippen molar-refractivity contribution in [2.45, 2.75) is 89.6 Å². The Morgan fingerprint density at radius 2 is 1.14 bits per heavy atom. The first-order valence-electron chi connectivity index (χ1n) is 9.19. The molecule has 0 amide bonds. The van der Waals surface area contributed by atoms with Gasteiger partial charge in [0.05, 0.1) is 0 Å². The zero-order valence-electron chi connectivity index (χ0n) is 15.1. The maximum Gasteiger partial charge on any atom is 0.0412 e. The van der Waals surface area contributed by atoms with E-state index >= 15 is 0 Å². The fourth-order valence-electron chi connectivity index (χ4n) is 4.19. The Balaban J connectivity index is 2.81. The van der Waals surface area contributed by atoms with Crippen molar-refractivity contribution in [1.82, 2.24) is 0 Å². The molecule has 0 aromatic carbocycles. The van der Waals surface area contributed by atoms with Crippen molar-refractivity contribution in [1.29, 1.82) is 0 Å². The molecule has 0 unspecified atom stereocenters. The van der Waals surface area contributed by atoms with Crippen LogP contribution >= 0.6 is 0 Å². The lowest BCUT2D eigenvalue weighted by atomic mass is 9.72. The van der Waals surface area contributed by atoms with Gasteiger partial charge >= 0.3 is 0 Å². The monoisotopic (exact) mass is 328 g/mol. The molecule has 1 aliphatic rings. The summed E-state index contributed by atoms with van der Waals surface area (Å²) in [7, 11) is -1.94. The smallest absolute Gasteiger partial charge is 0.0412 e. The summed E-state index contributed by atoms with van der Waals surface area (Å²) < 4.78 is 0. The minimum atomic E-state index is -0.968. The molecule has 0 aromatic heterocycles. The zero-order chi connectivity index (χ0) is 16.0. The predicted molar refractivity (Wildman–Crippen MR) is 102 cm³/mol. The van der Waals surface area contributed by atoms with E-state index in [1.807, 2.05) is 0 Å². The molecule has 1 fully saturated rings. The summed E-state index contributed by atoms with van der Waals surface area (Å²) >= 11 is 0. The highest BCUT2D eigenvalue weighted by Crippen LogP contribution is 2.44. The van der Waals surface area contributed by atoms with Crippen LogP contribution in [0.5, 0.6) is 0 Å². The van der Waals surface area contributed by atoms with Crippen molar-refractivity contribution in [2.75, 3.05) is 13.1 Å². The molecule has 4 heteroatoms. The fourth-order valence-corrected chi connectivity index (χ4v) is 12.8. The number of hydrogen-bond donors (Lipinski definition) is 2. The van der Waals surface area contributed by atoms with Crippen LogP contribution in [-0.2, 0) is 0 Å². The second-order valence-corrected chi connectivity index (χ2v) is 25.4. The van der Waals surface area contributed by atoms with Crippen LogP contribution in [-0.4, -0.2) is 28.3 Å². The van der Waals surface area contributed by atoms with Gasteiger partial charge in [0.15, 0.2) is 0 Å². The van der Waals surface area contributed by atoms with E-state index in [-0.39, 0.29) is 0 Å². The van der Waals surface area contributed by atoms with Gasteiger partial charge in [-0.15, -0.1) is 0 Å². The molecule has 4 N–H and O–H groups in total. The van der Waals surface area contributed by atoms with Gasteiger partial charge in [-0.05, 0) is 57.0 Å². The lowest BCUT2D eigenvalue weighted by molar-refractivity contribution is 0.187. The Morgan fingerprint density at radius 1 is 0.762 bits per heavy atom. The largest absolute Gasteiger partial charge is 0.330 e. The first-order valence-corrected chi connectivity index (χ1v) is 16.6. The van der Waals surface area contributed by atoms with Crippen LogP contribution in [0.3, 0.4) is 0 Å². The van der Waals surface area contributed by atoms with E-state index in [2.05, 4.69) is 26.2 Å². The fraction of sp³-hybridized carbons (Fsp3) is 1.00. The van der Waals surface area contributed by atoms with E-state index < -0.39 is 15.2 Å². The lowest BCUT2D eigenvalue weighted by Crippen LogP contribution is -2.54. The topological polar surface area (TPSA) is 52.0 Å². The quantitative estimate of drug-likeness (QED) is 0.704. The summed E-state index contributed by atoms with van der Waals surface area (Å²) in [6, 6.07) is 3.11. The van der Waals surface area contributed by atoms with Crippen LogP contribution < -0.4 is 11.5 Å². The standard InChI is InChI=1S/C17H40N2Si2/c1-20(2)15-7-11-17(9-5-13-18,10-6-14-19)12-8-16-21(20,3)4/h5-16,18-19H2,1-4H3. The molecule has 1 heterocycles. The van der Waals surface area contributed by atoms with Gasteiger partial charge in [0.25, 0.3) is 0 Å². The molecule has 1 rings (SSSR count). The summed E-state index contributed by atoms with van der Waals surface area (Å²) in [5.41, 5.74) is 12.2. The normalized spacial score (nSPS) is 24.9. The summed E-state index contributed by atoms with van der Waals surface area (Å²) in [5, 5.41) is 0. The molecule has 1 saturated heterocycles. The molecule has 0 aliphatic carbocycles.